The predicted octanol–water partition coefficient (Wildman–Crippen LogP) is 2.25. The summed E-state index contributed by atoms with van der Waals surface area (Å²) in [6, 6.07) is 4.05. The van der Waals surface area contributed by atoms with Crippen molar-refractivity contribution in [2.45, 2.75) is 51.2 Å². The van der Waals surface area contributed by atoms with Crippen LogP contribution < -0.4 is 0 Å². The number of aromatic amines is 1. The molecule has 0 spiro atoms. The molecule has 2 fully saturated rings. The molecule has 4 rings (SSSR count). The second kappa shape index (κ2) is 7.37. The van der Waals surface area contributed by atoms with Gasteiger partial charge in [-0.15, -0.1) is 0 Å². The van der Waals surface area contributed by atoms with Crippen molar-refractivity contribution in [2.24, 2.45) is 0 Å². The molecule has 0 saturated carbocycles. The fraction of sp³-hybridized carbons (Fsp3) is 0.600. The van der Waals surface area contributed by atoms with Crippen LogP contribution in [0.15, 0.2) is 18.3 Å². The summed E-state index contributed by atoms with van der Waals surface area (Å²) in [6.07, 6.45) is 5.52. The number of nitrogens with one attached hydrogen (secondary N) is 1. The molecule has 2 aromatic rings. The van der Waals surface area contributed by atoms with Gasteiger partial charge in [-0.3, -0.25) is 14.7 Å². The highest BCUT2D eigenvalue weighted by Gasteiger charge is 2.28. The van der Waals surface area contributed by atoms with Crippen LogP contribution >= 0.6 is 0 Å². The van der Waals surface area contributed by atoms with Crippen LogP contribution in [0.4, 0.5) is 0 Å². The average molecular weight is 356 g/mol. The van der Waals surface area contributed by atoms with Gasteiger partial charge in [0.1, 0.15) is 0 Å². The van der Waals surface area contributed by atoms with Crippen LogP contribution in [0.5, 0.6) is 0 Å². The quantitative estimate of drug-likeness (QED) is 0.885. The number of hydrogen-bond acceptors (Lipinski definition) is 4. The van der Waals surface area contributed by atoms with E-state index in [-0.39, 0.29) is 12.0 Å². The van der Waals surface area contributed by atoms with Gasteiger partial charge in [0, 0.05) is 63.0 Å². The highest BCUT2D eigenvalue weighted by molar-refractivity contribution is 5.80. The topological polar surface area (TPSA) is 72.5 Å². The summed E-state index contributed by atoms with van der Waals surface area (Å²) in [7, 11) is 0. The molecule has 1 atom stereocenters. The summed E-state index contributed by atoms with van der Waals surface area (Å²) in [6.45, 7) is 6.01. The van der Waals surface area contributed by atoms with Crippen molar-refractivity contribution < 1.29 is 9.90 Å². The number of pyridine rings is 1. The van der Waals surface area contributed by atoms with Crippen LogP contribution in [-0.4, -0.2) is 63.1 Å². The summed E-state index contributed by atoms with van der Waals surface area (Å²) in [5, 5.41) is 9.78. The molecule has 0 radical (unpaired) electrons. The molecule has 2 saturated heterocycles. The Morgan fingerprint density at radius 3 is 2.88 bits per heavy atom. The van der Waals surface area contributed by atoms with E-state index < -0.39 is 0 Å². The summed E-state index contributed by atoms with van der Waals surface area (Å²) >= 11 is 0. The van der Waals surface area contributed by atoms with Gasteiger partial charge < -0.3 is 15.0 Å². The van der Waals surface area contributed by atoms with Gasteiger partial charge >= 0.3 is 0 Å². The molecule has 6 nitrogen and oxygen atoms in total. The lowest BCUT2D eigenvalue weighted by Gasteiger charge is -2.33. The lowest BCUT2D eigenvalue weighted by atomic mass is 9.92. The lowest BCUT2D eigenvalue weighted by molar-refractivity contribution is -0.130. The Morgan fingerprint density at radius 2 is 2.12 bits per heavy atom. The molecule has 140 valence electrons. The molecular formula is C20H28N4O2. The molecule has 2 aliphatic rings. The number of rotatable bonds is 3. The Labute approximate surface area is 154 Å². The number of nitrogens with zero attached hydrogens (tertiary/aromatic N) is 3. The van der Waals surface area contributed by atoms with E-state index >= 15 is 0 Å². The summed E-state index contributed by atoms with van der Waals surface area (Å²) < 4.78 is 0. The number of H-pyrrole nitrogens is 1. The Hall–Kier alpha value is -1.92. The van der Waals surface area contributed by atoms with E-state index in [0.29, 0.717) is 5.92 Å². The molecule has 0 aliphatic carbocycles. The fourth-order valence-corrected chi connectivity index (χ4v) is 4.40. The van der Waals surface area contributed by atoms with Gasteiger partial charge in [-0.25, -0.2) is 0 Å². The number of aliphatic hydroxyl groups excluding tert-OH is 1. The zero-order chi connectivity index (χ0) is 18.1. The molecule has 2 aliphatic heterocycles. The van der Waals surface area contributed by atoms with Gasteiger partial charge in [-0.05, 0) is 37.8 Å². The fourth-order valence-electron chi connectivity index (χ4n) is 4.40. The van der Waals surface area contributed by atoms with E-state index in [1.54, 1.807) is 6.92 Å². The zero-order valence-electron chi connectivity index (χ0n) is 15.4. The molecule has 4 heterocycles. The maximum absolute atomic E-state index is 11.9. The van der Waals surface area contributed by atoms with Crippen molar-refractivity contribution in [1.82, 2.24) is 19.8 Å². The maximum atomic E-state index is 11.9. The van der Waals surface area contributed by atoms with Gasteiger partial charge in [0.2, 0.25) is 5.91 Å². The summed E-state index contributed by atoms with van der Waals surface area (Å²) in [5.41, 5.74) is 4.64. The normalized spacial score (nSPS) is 22.8. The third-order valence-electron chi connectivity index (χ3n) is 5.90. The van der Waals surface area contributed by atoms with Crippen LogP contribution in [0.2, 0.25) is 0 Å². The number of hydrogen-bond donors (Lipinski definition) is 2. The van der Waals surface area contributed by atoms with E-state index in [1.165, 1.54) is 11.3 Å². The van der Waals surface area contributed by atoms with Crippen LogP contribution in [0, 0.1) is 0 Å². The van der Waals surface area contributed by atoms with Crippen LogP contribution in [0.3, 0.4) is 0 Å². The first-order chi connectivity index (χ1) is 12.6. The van der Waals surface area contributed by atoms with Gasteiger partial charge in [0.25, 0.3) is 0 Å². The van der Waals surface area contributed by atoms with Crippen molar-refractivity contribution >= 4 is 16.9 Å². The highest BCUT2D eigenvalue weighted by atomic mass is 16.3. The van der Waals surface area contributed by atoms with E-state index in [4.69, 9.17) is 0 Å². The van der Waals surface area contributed by atoms with Crippen molar-refractivity contribution in [1.29, 1.82) is 0 Å². The van der Waals surface area contributed by atoms with E-state index in [0.717, 1.165) is 69.4 Å². The van der Waals surface area contributed by atoms with Gasteiger partial charge in [-0.2, -0.15) is 0 Å². The molecule has 0 aromatic carbocycles. The Kier molecular flexibility index (Phi) is 4.96. The minimum atomic E-state index is -0.158. The monoisotopic (exact) mass is 356 g/mol. The highest BCUT2D eigenvalue weighted by Crippen LogP contribution is 2.33. The Balaban J connectivity index is 1.64. The van der Waals surface area contributed by atoms with E-state index in [1.807, 2.05) is 17.2 Å². The molecule has 2 aromatic heterocycles. The van der Waals surface area contributed by atoms with Crippen molar-refractivity contribution in [2.75, 3.05) is 26.2 Å². The smallest absolute Gasteiger partial charge is 0.219 e. The standard InChI is InChI=1S/C20H28N4O2/c1-14(25)24-9-3-4-15(12-24)19-17(13-23-10-6-16(26)7-11-23)20-18(22-19)5-2-8-21-20/h2,5,8,15-16,22,26H,3-4,6-7,9-13H2,1H3. The summed E-state index contributed by atoms with van der Waals surface area (Å²) in [5.74, 6) is 0.503. The SMILES string of the molecule is CC(=O)N1CCCC(c2[nH]c3cccnc3c2CN2CCC(O)CC2)C1. The number of carbonyl (C=O) groups excluding carboxylic acids is 1. The molecule has 1 amide bonds. The van der Waals surface area contributed by atoms with Crippen LogP contribution in [-0.2, 0) is 11.3 Å². The molecule has 6 heteroatoms. The second-order valence-corrected chi connectivity index (χ2v) is 7.73. The van der Waals surface area contributed by atoms with E-state index in [2.05, 4.69) is 20.9 Å². The van der Waals surface area contributed by atoms with Crippen LogP contribution in [0.1, 0.15) is 49.8 Å². The van der Waals surface area contributed by atoms with Gasteiger partial charge in [0.05, 0.1) is 17.1 Å². The number of fused-ring (bicyclic) bond motifs is 1. The third kappa shape index (κ3) is 3.48. The van der Waals surface area contributed by atoms with E-state index in [9.17, 15) is 9.90 Å². The number of aliphatic hydroxyl groups is 1. The first kappa shape index (κ1) is 17.5. The minimum Gasteiger partial charge on any atom is -0.393 e. The van der Waals surface area contributed by atoms with Crippen molar-refractivity contribution in [3.05, 3.63) is 29.6 Å². The average Bonchev–Trinajstić information content (AvgIpc) is 3.02. The van der Waals surface area contributed by atoms with Gasteiger partial charge in [0.15, 0.2) is 0 Å². The Morgan fingerprint density at radius 1 is 1.31 bits per heavy atom. The Bertz CT molecular complexity index is 779. The minimum absolute atomic E-state index is 0.158. The number of carbonyl (C=O) groups is 1. The maximum Gasteiger partial charge on any atom is 0.219 e. The number of likely N-dealkylation sites (tertiary alicyclic amines) is 2. The molecule has 2 N–H and O–H groups in total. The first-order valence-electron chi connectivity index (χ1n) is 9.73. The number of piperidine rings is 2. The number of amides is 1. The largest absolute Gasteiger partial charge is 0.393 e. The zero-order valence-corrected chi connectivity index (χ0v) is 15.4. The first-order valence-corrected chi connectivity index (χ1v) is 9.73. The van der Waals surface area contributed by atoms with Crippen LogP contribution in [0.25, 0.3) is 11.0 Å². The second-order valence-electron chi connectivity index (χ2n) is 7.73. The van der Waals surface area contributed by atoms with Crippen molar-refractivity contribution in [3.8, 4) is 0 Å². The van der Waals surface area contributed by atoms with Crippen molar-refractivity contribution in [3.63, 3.8) is 0 Å². The molecule has 26 heavy (non-hydrogen) atoms. The predicted molar refractivity (Wildman–Crippen MR) is 101 cm³/mol. The molecule has 1 unspecified atom stereocenters. The lowest BCUT2D eigenvalue weighted by Crippen LogP contribution is -2.38. The summed E-state index contributed by atoms with van der Waals surface area (Å²) in [4.78, 5) is 24.5. The molecular weight excluding hydrogens is 328 g/mol. The number of aromatic nitrogens is 2. The molecule has 0 bridgehead atoms. The third-order valence-corrected chi connectivity index (χ3v) is 5.90. The van der Waals surface area contributed by atoms with Gasteiger partial charge in [-0.1, -0.05) is 0 Å².